The lowest BCUT2D eigenvalue weighted by atomic mass is 10.4. The lowest BCUT2D eigenvalue weighted by molar-refractivity contribution is 0.146. The summed E-state index contributed by atoms with van der Waals surface area (Å²) in [6.07, 6.45) is 0. The van der Waals surface area contributed by atoms with Crippen molar-refractivity contribution in [2.75, 3.05) is 0 Å². The predicted octanol–water partition coefficient (Wildman–Crippen LogP) is -1.35. The Kier molecular flexibility index (Phi) is 2.83. The van der Waals surface area contributed by atoms with E-state index in [1.165, 1.54) is 0 Å². The first-order chi connectivity index (χ1) is 11.7. The van der Waals surface area contributed by atoms with Crippen LogP contribution >= 0.6 is 0 Å². The molecule has 0 radical (unpaired) electrons. The molecule has 120 valence electrons. The summed E-state index contributed by atoms with van der Waals surface area (Å²) in [7, 11) is 0. The average molecular weight is 334 g/mol. The molecule has 2 N–H and O–H groups in total. The normalized spacial score (nSPS) is 11.5. The van der Waals surface area contributed by atoms with E-state index in [4.69, 9.17) is 0 Å². The zero-order valence-corrected chi connectivity index (χ0v) is 11.0. The summed E-state index contributed by atoms with van der Waals surface area (Å²) < 4.78 is 9.01. The Bertz CT molecular complexity index is 927. The number of rotatable bonds is 4. The van der Waals surface area contributed by atoms with E-state index < -0.39 is 0 Å². The van der Waals surface area contributed by atoms with Crippen molar-refractivity contribution in [3.8, 4) is 23.0 Å². The second kappa shape index (κ2) is 5.11. The van der Waals surface area contributed by atoms with Crippen molar-refractivity contribution in [2.45, 2.75) is 0 Å². The topological polar surface area (TPSA) is 230 Å². The zero-order valence-electron chi connectivity index (χ0n) is 11.0. The minimum Gasteiger partial charge on any atom is -0.409 e. The van der Waals surface area contributed by atoms with Gasteiger partial charge in [-0.2, -0.15) is 0 Å². The molecular weight excluding hydrogens is 332 g/mol. The molecule has 18 nitrogen and oxygen atoms in total. The lowest BCUT2D eigenvalue weighted by Crippen LogP contribution is -1.96. The average Bonchev–Trinajstić information content (AvgIpc) is 3.31. The minimum absolute atomic E-state index is 0.0868. The molecule has 0 aliphatic rings. The summed E-state index contributed by atoms with van der Waals surface area (Å²) in [6, 6.07) is 0. The summed E-state index contributed by atoms with van der Waals surface area (Å²) in [6.45, 7) is 0. The maximum Gasteiger partial charge on any atom is 0.249 e. The Hall–Kier alpha value is -4.38. The minimum atomic E-state index is -0.178. The Balaban J connectivity index is 1.69. The summed E-state index contributed by atoms with van der Waals surface area (Å²) in [4.78, 5) is 0.698. The van der Waals surface area contributed by atoms with Crippen LogP contribution in [0.4, 0.5) is 11.6 Å². The van der Waals surface area contributed by atoms with Gasteiger partial charge in [0.1, 0.15) is 0 Å². The number of azo groups is 1. The molecule has 24 heavy (non-hydrogen) atoms. The summed E-state index contributed by atoms with van der Waals surface area (Å²) in [5, 5.41) is 60.2. The van der Waals surface area contributed by atoms with E-state index in [1.54, 1.807) is 0 Å². The first kappa shape index (κ1) is 13.3. The second-order valence-electron chi connectivity index (χ2n) is 3.86. The van der Waals surface area contributed by atoms with Crippen molar-refractivity contribution < 1.29 is 19.7 Å². The third kappa shape index (κ3) is 2.06. The van der Waals surface area contributed by atoms with Crippen LogP contribution in [0.5, 0.6) is 0 Å². The maximum atomic E-state index is 9.41. The third-order valence-corrected chi connectivity index (χ3v) is 2.51. The van der Waals surface area contributed by atoms with E-state index in [0.29, 0.717) is 9.69 Å². The summed E-state index contributed by atoms with van der Waals surface area (Å²) in [5.41, 5.74) is -0.174. The van der Waals surface area contributed by atoms with Gasteiger partial charge in [-0.25, -0.2) is 9.26 Å². The van der Waals surface area contributed by atoms with Crippen molar-refractivity contribution in [1.82, 2.24) is 61.4 Å². The van der Waals surface area contributed by atoms with Crippen LogP contribution in [0, 0.1) is 0 Å². The number of hydrogen-bond acceptors (Lipinski definition) is 16. The quantitative estimate of drug-likeness (QED) is 0.324. The fourth-order valence-electron chi connectivity index (χ4n) is 1.52. The van der Waals surface area contributed by atoms with Crippen LogP contribution in [0.3, 0.4) is 0 Å². The van der Waals surface area contributed by atoms with Gasteiger partial charge in [0.2, 0.25) is 34.7 Å². The van der Waals surface area contributed by atoms with Crippen LogP contribution in [0.15, 0.2) is 19.5 Å². The van der Waals surface area contributed by atoms with Crippen molar-refractivity contribution in [1.29, 1.82) is 0 Å². The molecule has 0 fully saturated rings. The van der Waals surface area contributed by atoms with E-state index in [1.807, 2.05) is 0 Å². The Morgan fingerprint density at radius 2 is 1.17 bits per heavy atom. The van der Waals surface area contributed by atoms with Crippen LogP contribution in [-0.4, -0.2) is 71.8 Å². The summed E-state index contributed by atoms with van der Waals surface area (Å²) in [5.74, 6) is -0.693. The second-order valence-corrected chi connectivity index (χ2v) is 3.86. The number of nitrogens with zero attached hydrogens (tertiary/aromatic N) is 14. The molecule has 0 bridgehead atoms. The van der Waals surface area contributed by atoms with Gasteiger partial charge < -0.3 is 10.4 Å². The molecule has 0 saturated heterocycles. The van der Waals surface area contributed by atoms with E-state index in [2.05, 4.69) is 71.2 Å². The molecule has 0 saturated carbocycles. The molecule has 0 aliphatic carbocycles. The van der Waals surface area contributed by atoms with E-state index in [0.717, 1.165) is 0 Å². The number of tetrazole rings is 2. The van der Waals surface area contributed by atoms with E-state index in [9.17, 15) is 10.4 Å². The standard InChI is InChI=1S/C6H2N14O4/c21-19-5(9-15-17-19)1-3(13-23-11-1)7-8-4-2(12-24-14-4)6-10-16-18-20(6)22/h21-22H. The molecule has 18 heteroatoms. The van der Waals surface area contributed by atoms with Crippen molar-refractivity contribution in [3.05, 3.63) is 0 Å². The molecular formula is C6H2N14O4. The highest BCUT2D eigenvalue weighted by Gasteiger charge is 2.22. The van der Waals surface area contributed by atoms with Gasteiger partial charge in [0.15, 0.2) is 0 Å². The highest BCUT2D eigenvalue weighted by atomic mass is 16.6. The van der Waals surface area contributed by atoms with Crippen LogP contribution in [0.25, 0.3) is 23.0 Å². The lowest BCUT2D eigenvalue weighted by Gasteiger charge is -1.91. The first-order valence-corrected chi connectivity index (χ1v) is 5.77. The molecule has 0 atom stereocenters. The van der Waals surface area contributed by atoms with Gasteiger partial charge in [0, 0.05) is 0 Å². The monoisotopic (exact) mass is 334 g/mol. The fraction of sp³-hybridized carbons (Fsp3) is 0. The fourth-order valence-corrected chi connectivity index (χ4v) is 1.52. The molecule has 0 aliphatic heterocycles. The molecule has 0 amide bonds. The Morgan fingerprint density at radius 1 is 0.708 bits per heavy atom. The zero-order chi connectivity index (χ0) is 16.5. The Labute approximate surface area is 127 Å². The highest BCUT2D eigenvalue weighted by molar-refractivity contribution is 5.63. The SMILES string of the molecule is On1nnnc1-c1nonc1N=Nc1nonc1-c1nnnn1O. The first-order valence-electron chi connectivity index (χ1n) is 5.77. The van der Waals surface area contributed by atoms with Crippen molar-refractivity contribution >= 4 is 11.6 Å². The molecule has 0 spiro atoms. The number of hydrogen-bond donors (Lipinski definition) is 2. The maximum absolute atomic E-state index is 9.41. The molecule has 4 heterocycles. The van der Waals surface area contributed by atoms with Crippen molar-refractivity contribution in [2.24, 2.45) is 10.2 Å². The van der Waals surface area contributed by atoms with Gasteiger partial charge in [-0.1, -0.05) is 9.69 Å². The molecule has 4 aromatic heterocycles. The molecule has 4 aromatic rings. The van der Waals surface area contributed by atoms with Gasteiger partial charge >= 0.3 is 0 Å². The van der Waals surface area contributed by atoms with Crippen LogP contribution in [-0.2, 0) is 0 Å². The van der Waals surface area contributed by atoms with Crippen molar-refractivity contribution in [3.63, 3.8) is 0 Å². The van der Waals surface area contributed by atoms with Crippen LogP contribution in [0.1, 0.15) is 0 Å². The largest absolute Gasteiger partial charge is 0.409 e. The van der Waals surface area contributed by atoms with Gasteiger partial charge in [-0.15, -0.1) is 20.4 Å². The van der Waals surface area contributed by atoms with Gasteiger partial charge in [0.25, 0.3) is 0 Å². The van der Waals surface area contributed by atoms with Gasteiger partial charge in [-0.05, 0) is 41.5 Å². The van der Waals surface area contributed by atoms with E-state index in [-0.39, 0.29) is 34.7 Å². The van der Waals surface area contributed by atoms with Gasteiger partial charge in [-0.3, -0.25) is 0 Å². The van der Waals surface area contributed by atoms with Crippen LogP contribution in [0.2, 0.25) is 0 Å². The van der Waals surface area contributed by atoms with Gasteiger partial charge in [0.05, 0.1) is 0 Å². The smallest absolute Gasteiger partial charge is 0.249 e. The molecule has 0 unspecified atom stereocenters. The highest BCUT2D eigenvalue weighted by Crippen LogP contribution is 2.28. The van der Waals surface area contributed by atoms with E-state index >= 15 is 0 Å². The molecule has 0 aromatic carbocycles. The van der Waals surface area contributed by atoms with Crippen LogP contribution < -0.4 is 0 Å². The predicted molar refractivity (Wildman–Crippen MR) is 60.8 cm³/mol. The number of aromatic nitrogens is 12. The molecule has 4 rings (SSSR count). The summed E-state index contributed by atoms with van der Waals surface area (Å²) >= 11 is 0. The third-order valence-electron chi connectivity index (χ3n) is 2.51. The Morgan fingerprint density at radius 3 is 1.54 bits per heavy atom.